The van der Waals surface area contributed by atoms with Crippen molar-refractivity contribution in [2.75, 3.05) is 25.1 Å². The lowest BCUT2D eigenvalue weighted by atomic mass is 9.97. The molecule has 1 saturated heterocycles. The van der Waals surface area contributed by atoms with Crippen LogP contribution in [0.3, 0.4) is 0 Å². The Balaban J connectivity index is 1.83. The first kappa shape index (κ1) is 18.3. The number of aryl methyl sites for hydroxylation is 2. The number of likely N-dealkylation sites (tertiary alicyclic amines) is 1. The second kappa shape index (κ2) is 7.15. The van der Waals surface area contributed by atoms with Crippen molar-refractivity contribution in [2.24, 2.45) is 0 Å². The van der Waals surface area contributed by atoms with Crippen molar-refractivity contribution < 1.29 is 14.3 Å². The third-order valence-electron chi connectivity index (χ3n) is 5.46. The van der Waals surface area contributed by atoms with E-state index in [1.165, 1.54) is 4.90 Å². The summed E-state index contributed by atoms with van der Waals surface area (Å²) in [7, 11) is 1.59. The van der Waals surface area contributed by atoms with Crippen LogP contribution in [-0.4, -0.2) is 36.9 Å². The zero-order valence-corrected chi connectivity index (χ0v) is 16.5. The standard InChI is InChI=1S/C23H24N2O3/c1-15-6-11-19(16(2)14-15)20-21(24-12-4-5-13-24)23(27)25(22(20)26)17-7-9-18(28-3)10-8-17/h6-11,14H,4-5,12-13H2,1-3H3. The van der Waals surface area contributed by atoms with Gasteiger partial charge in [0.15, 0.2) is 0 Å². The summed E-state index contributed by atoms with van der Waals surface area (Å²) in [5.74, 6) is 0.182. The highest BCUT2D eigenvalue weighted by Crippen LogP contribution is 2.37. The Labute approximate surface area is 165 Å². The molecule has 2 heterocycles. The number of rotatable bonds is 4. The van der Waals surface area contributed by atoms with E-state index in [4.69, 9.17) is 4.74 Å². The van der Waals surface area contributed by atoms with Crippen LogP contribution in [0, 0.1) is 13.8 Å². The van der Waals surface area contributed by atoms with Crippen LogP contribution >= 0.6 is 0 Å². The fourth-order valence-corrected chi connectivity index (χ4v) is 4.05. The SMILES string of the molecule is COc1ccc(N2C(=O)C(c3ccc(C)cc3C)=C(N3CCCC3)C2=O)cc1. The van der Waals surface area contributed by atoms with Gasteiger partial charge in [0.2, 0.25) is 0 Å². The van der Waals surface area contributed by atoms with Crippen molar-refractivity contribution in [1.29, 1.82) is 0 Å². The largest absolute Gasteiger partial charge is 0.497 e. The molecule has 0 spiro atoms. The summed E-state index contributed by atoms with van der Waals surface area (Å²) in [4.78, 5) is 30.2. The summed E-state index contributed by atoms with van der Waals surface area (Å²) in [6, 6.07) is 13.0. The van der Waals surface area contributed by atoms with Crippen molar-refractivity contribution in [2.45, 2.75) is 26.7 Å². The minimum atomic E-state index is -0.260. The van der Waals surface area contributed by atoms with Gasteiger partial charge in [0.1, 0.15) is 11.4 Å². The molecule has 5 nitrogen and oxygen atoms in total. The van der Waals surface area contributed by atoms with Crippen LogP contribution in [0.4, 0.5) is 5.69 Å². The first-order valence-corrected chi connectivity index (χ1v) is 9.61. The molecule has 144 valence electrons. The number of methoxy groups -OCH3 is 1. The molecule has 5 heteroatoms. The van der Waals surface area contributed by atoms with Crippen molar-refractivity contribution in [3.05, 3.63) is 64.9 Å². The Bertz CT molecular complexity index is 970. The molecule has 4 rings (SSSR count). The van der Waals surface area contributed by atoms with Crippen LogP contribution < -0.4 is 9.64 Å². The lowest BCUT2D eigenvalue weighted by Crippen LogP contribution is -2.34. The van der Waals surface area contributed by atoms with Gasteiger partial charge < -0.3 is 9.64 Å². The van der Waals surface area contributed by atoms with E-state index >= 15 is 0 Å². The molecule has 0 N–H and O–H groups in total. The number of carbonyl (C=O) groups is 2. The maximum absolute atomic E-state index is 13.5. The predicted octanol–water partition coefficient (Wildman–Crippen LogP) is 3.69. The van der Waals surface area contributed by atoms with Gasteiger partial charge in [0.05, 0.1) is 18.4 Å². The van der Waals surface area contributed by atoms with Crippen LogP contribution in [0.2, 0.25) is 0 Å². The third-order valence-corrected chi connectivity index (χ3v) is 5.46. The van der Waals surface area contributed by atoms with Crippen LogP contribution in [-0.2, 0) is 9.59 Å². The van der Waals surface area contributed by atoms with E-state index in [1.807, 2.05) is 26.0 Å². The first-order chi connectivity index (χ1) is 13.5. The molecule has 2 amide bonds. The van der Waals surface area contributed by atoms with E-state index in [9.17, 15) is 9.59 Å². The number of hydrogen-bond acceptors (Lipinski definition) is 4. The maximum Gasteiger partial charge on any atom is 0.282 e. The quantitative estimate of drug-likeness (QED) is 0.764. The van der Waals surface area contributed by atoms with Gasteiger partial charge in [-0.15, -0.1) is 0 Å². The number of benzene rings is 2. The maximum atomic E-state index is 13.5. The molecule has 0 aliphatic carbocycles. The highest BCUT2D eigenvalue weighted by molar-refractivity contribution is 6.45. The minimum Gasteiger partial charge on any atom is -0.497 e. The van der Waals surface area contributed by atoms with Gasteiger partial charge in [-0.1, -0.05) is 23.8 Å². The summed E-state index contributed by atoms with van der Waals surface area (Å²) < 4.78 is 5.20. The van der Waals surface area contributed by atoms with Crippen LogP contribution in [0.1, 0.15) is 29.5 Å². The Morgan fingerprint density at radius 3 is 2.18 bits per heavy atom. The van der Waals surface area contributed by atoms with Gasteiger partial charge in [0, 0.05) is 13.1 Å². The van der Waals surface area contributed by atoms with Crippen molar-refractivity contribution >= 4 is 23.1 Å². The van der Waals surface area contributed by atoms with Crippen molar-refractivity contribution in [1.82, 2.24) is 4.90 Å². The molecule has 0 bridgehead atoms. The molecular formula is C23H24N2O3. The molecule has 2 aromatic rings. The predicted molar refractivity (Wildman–Crippen MR) is 109 cm³/mol. The van der Waals surface area contributed by atoms with Crippen LogP contribution in [0.25, 0.3) is 5.57 Å². The van der Waals surface area contributed by atoms with E-state index in [-0.39, 0.29) is 11.8 Å². The van der Waals surface area contributed by atoms with Crippen molar-refractivity contribution in [3.8, 4) is 5.75 Å². The molecule has 1 fully saturated rings. The second-order valence-corrected chi connectivity index (χ2v) is 7.38. The molecule has 0 saturated carbocycles. The summed E-state index contributed by atoms with van der Waals surface area (Å²) in [6.45, 7) is 5.63. The lowest BCUT2D eigenvalue weighted by Gasteiger charge is -2.20. The number of ether oxygens (including phenoxy) is 1. The minimum absolute atomic E-state index is 0.243. The zero-order chi connectivity index (χ0) is 19.8. The molecule has 0 radical (unpaired) electrons. The Hall–Kier alpha value is -3.08. The number of hydrogen-bond donors (Lipinski definition) is 0. The summed E-state index contributed by atoms with van der Waals surface area (Å²) in [5, 5.41) is 0. The average molecular weight is 376 g/mol. The van der Waals surface area contributed by atoms with Gasteiger partial charge in [-0.3, -0.25) is 9.59 Å². The fraction of sp³-hybridized carbons (Fsp3) is 0.304. The summed E-state index contributed by atoms with van der Waals surface area (Å²) in [5.41, 5.74) is 4.58. The van der Waals surface area contributed by atoms with E-state index < -0.39 is 0 Å². The summed E-state index contributed by atoms with van der Waals surface area (Å²) >= 11 is 0. The molecule has 0 unspecified atom stereocenters. The molecule has 0 aromatic heterocycles. The molecule has 2 aliphatic heterocycles. The monoisotopic (exact) mass is 376 g/mol. The number of carbonyl (C=O) groups excluding carboxylic acids is 2. The summed E-state index contributed by atoms with van der Waals surface area (Å²) in [6.07, 6.45) is 2.07. The average Bonchev–Trinajstić information content (AvgIpc) is 3.29. The van der Waals surface area contributed by atoms with Gasteiger partial charge >= 0.3 is 0 Å². The topological polar surface area (TPSA) is 49.9 Å². The highest BCUT2D eigenvalue weighted by atomic mass is 16.5. The van der Waals surface area contributed by atoms with E-state index in [1.54, 1.807) is 31.4 Å². The smallest absolute Gasteiger partial charge is 0.282 e. The normalized spacial score (nSPS) is 17.1. The molecule has 2 aromatic carbocycles. The number of imide groups is 1. The van der Waals surface area contributed by atoms with E-state index in [0.717, 1.165) is 42.6 Å². The van der Waals surface area contributed by atoms with Crippen molar-refractivity contribution in [3.63, 3.8) is 0 Å². The molecule has 28 heavy (non-hydrogen) atoms. The van der Waals surface area contributed by atoms with E-state index in [2.05, 4.69) is 11.0 Å². The highest BCUT2D eigenvalue weighted by Gasteiger charge is 2.43. The number of anilines is 1. The lowest BCUT2D eigenvalue weighted by molar-refractivity contribution is -0.120. The van der Waals surface area contributed by atoms with E-state index in [0.29, 0.717) is 22.7 Å². The number of nitrogens with zero attached hydrogens (tertiary/aromatic N) is 2. The second-order valence-electron chi connectivity index (χ2n) is 7.38. The first-order valence-electron chi connectivity index (χ1n) is 9.61. The third kappa shape index (κ3) is 2.97. The zero-order valence-electron chi connectivity index (χ0n) is 16.5. The van der Waals surface area contributed by atoms with Gasteiger partial charge in [0.25, 0.3) is 11.8 Å². The van der Waals surface area contributed by atoms with Crippen LogP contribution in [0.5, 0.6) is 5.75 Å². The fourth-order valence-electron chi connectivity index (χ4n) is 4.05. The molecular weight excluding hydrogens is 352 g/mol. The van der Waals surface area contributed by atoms with Gasteiger partial charge in [-0.2, -0.15) is 0 Å². The molecule has 0 atom stereocenters. The Morgan fingerprint density at radius 2 is 1.57 bits per heavy atom. The van der Waals surface area contributed by atoms with Gasteiger partial charge in [-0.05, 0) is 62.1 Å². The van der Waals surface area contributed by atoms with Crippen LogP contribution in [0.15, 0.2) is 48.2 Å². The van der Waals surface area contributed by atoms with Gasteiger partial charge in [-0.25, -0.2) is 4.90 Å². The molecule has 2 aliphatic rings. The Kier molecular flexibility index (Phi) is 4.67. The number of amides is 2. The Morgan fingerprint density at radius 1 is 0.893 bits per heavy atom.